The molecule has 5 nitrogen and oxygen atoms in total. The molecule has 0 unspecified atom stereocenters. The quantitative estimate of drug-likeness (QED) is 0.550. The van der Waals surface area contributed by atoms with Crippen LogP contribution in [-0.4, -0.2) is 16.5 Å². The second-order valence-electron chi connectivity index (χ2n) is 3.15. The largest absolute Gasteiger partial charge is 0.325 e. The number of aromatic amines is 2. The normalized spacial score (nSPS) is 15.1. The van der Waals surface area contributed by atoms with Crippen LogP contribution in [0.25, 0.3) is 0 Å². The SMILES string of the molecule is Cl.O=c1[nH]c2c(c(=O)[nH]1)CCCNC2. The Morgan fingerprint density at radius 2 is 1.93 bits per heavy atom. The lowest BCUT2D eigenvalue weighted by Crippen LogP contribution is -2.28. The summed E-state index contributed by atoms with van der Waals surface area (Å²) in [6.07, 6.45) is 1.66. The van der Waals surface area contributed by atoms with E-state index in [1.54, 1.807) is 0 Å². The molecule has 0 spiro atoms. The Kier molecular flexibility index (Phi) is 3.49. The summed E-state index contributed by atoms with van der Waals surface area (Å²) in [5, 5.41) is 3.13. The van der Waals surface area contributed by atoms with Gasteiger partial charge in [-0.3, -0.25) is 9.78 Å². The van der Waals surface area contributed by atoms with Crippen molar-refractivity contribution in [2.24, 2.45) is 0 Å². The third kappa shape index (κ3) is 2.05. The molecule has 0 amide bonds. The maximum absolute atomic E-state index is 11.3. The molecule has 0 aromatic carbocycles. The lowest BCUT2D eigenvalue weighted by atomic mass is 10.1. The number of aromatic nitrogens is 2. The molecule has 3 N–H and O–H groups in total. The van der Waals surface area contributed by atoms with Crippen molar-refractivity contribution in [3.63, 3.8) is 0 Å². The summed E-state index contributed by atoms with van der Waals surface area (Å²) in [5.41, 5.74) is 0.769. The van der Waals surface area contributed by atoms with Crippen LogP contribution in [0, 0.1) is 0 Å². The molecule has 14 heavy (non-hydrogen) atoms. The molecule has 1 aliphatic rings. The second-order valence-corrected chi connectivity index (χ2v) is 3.15. The molecular weight excluding hydrogens is 206 g/mol. The minimum atomic E-state index is -0.424. The van der Waals surface area contributed by atoms with E-state index in [-0.39, 0.29) is 18.0 Å². The van der Waals surface area contributed by atoms with Gasteiger partial charge in [-0.25, -0.2) is 4.79 Å². The highest BCUT2D eigenvalue weighted by atomic mass is 35.5. The first kappa shape index (κ1) is 11.0. The molecular formula is C8H12ClN3O2. The molecule has 0 fully saturated rings. The molecule has 1 aromatic heterocycles. The van der Waals surface area contributed by atoms with Gasteiger partial charge >= 0.3 is 5.69 Å². The van der Waals surface area contributed by atoms with E-state index in [9.17, 15) is 9.59 Å². The van der Waals surface area contributed by atoms with Crippen molar-refractivity contribution in [3.8, 4) is 0 Å². The van der Waals surface area contributed by atoms with E-state index in [1.165, 1.54) is 0 Å². The lowest BCUT2D eigenvalue weighted by molar-refractivity contribution is 0.673. The maximum Gasteiger partial charge on any atom is 0.325 e. The molecule has 0 saturated heterocycles. The zero-order chi connectivity index (χ0) is 9.26. The predicted molar refractivity (Wildman–Crippen MR) is 55.0 cm³/mol. The summed E-state index contributed by atoms with van der Waals surface area (Å²) in [5.74, 6) is 0. The van der Waals surface area contributed by atoms with E-state index in [0.717, 1.165) is 25.1 Å². The Morgan fingerprint density at radius 3 is 2.71 bits per heavy atom. The highest BCUT2D eigenvalue weighted by molar-refractivity contribution is 5.85. The number of H-pyrrole nitrogens is 2. The first-order valence-electron chi connectivity index (χ1n) is 4.32. The lowest BCUT2D eigenvalue weighted by Gasteiger charge is -2.01. The van der Waals surface area contributed by atoms with Gasteiger partial charge in [0, 0.05) is 17.8 Å². The number of rotatable bonds is 0. The molecule has 0 radical (unpaired) electrons. The molecule has 0 atom stereocenters. The molecule has 1 aromatic rings. The van der Waals surface area contributed by atoms with Gasteiger partial charge in [-0.05, 0) is 19.4 Å². The first-order valence-corrected chi connectivity index (χ1v) is 4.32. The van der Waals surface area contributed by atoms with Crippen molar-refractivity contribution >= 4 is 12.4 Å². The van der Waals surface area contributed by atoms with E-state index < -0.39 is 5.69 Å². The van der Waals surface area contributed by atoms with Crippen molar-refractivity contribution in [1.29, 1.82) is 0 Å². The minimum Gasteiger partial charge on any atom is -0.311 e. The Balaban J connectivity index is 0.000000980. The minimum absolute atomic E-state index is 0. The van der Waals surface area contributed by atoms with Crippen LogP contribution >= 0.6 is 12.4 Å². The van der Waals surface area contributed by atoms with Crippen LogP contribution in [0.4, 0.5) is 0 Å². The maximum atomic E-state index is 11.3. The van der Waals surface area contributed by atoms with Crippen LogP contribution in [0.15, 0.2) is 9.59 Å². The zero-order valence-corrected chi connectivity index (χ0v) is 8.37. The van der Waals surface area contributed by atoms with Crippen LogP contribution < -0.4 is 16.6 Å². The monoisotopic (exact) mass is 217 g/mol. The smallest absolute Gasteiger partial charge is 0.311 e. The number of hydrogen-bond acceptors (Lipinski definition) is 3. The molecule has 2 rings (SSSR count). The van der Waals surface area contributed by atoms with Crippen LogP contribution in [0.3, 0.4) is 0 Å². The van der Waals surface area contributed by atoms with Crippen LogP contribution in [-0.2, 0) is 13.0 Å². The van der Waals surface area contributed by atoms with Crippen LogP contribution in [0.5, 0.6) is 0 Å². The van der Waals surface area contributed by atoms with Gasteiger partial charge in [0.05, 0.1) is 0 Å². The Morgan fingerprint density at radius 1 is 1.14 bits per heavy atom. The van der Waals surface area contributed by atoms with Crippen LogP contribution in [0.1, 0.15) is 17.7 Å². The molecule has 78 valence electrons. The first-order chi connectivity index (χ1) is 6.27. The molecule has 1 aliphatic heterocycles. The summed E-state index contributed by atoms with van der Waals surface area (Å²) >= 11 is 0. The van der Waals surface area contributed by atoms with Crippen molar-refractivity contribution in [1.82, 2.24) is 15.3 Å². The third-order valence-electron chi connectivity index (χ3n) is 2.21. The number of fused-ring (bicyclic) bond motifs is 1. The molecule has 0 aliphatic carbocycles. The fourth-order valence-electron chi connectivity index (χ4n) is 1.58. The molecule has 6 heteroatoms. The third-order valence-corrected chi connectivity index (χ3v) is 2.21. The van der Waals surface area contributed by atoms with Crippen molar-refractivity contribution < 1.29 is 0 Å². The molecule has 0 bridgehead atoms. The van der Waals surface area contributed by atoms with Crippen molar-refractivity contribution in [3.05, 3.63) is 32.1 Å². The molecule has 0 saturated carbocycles. The zero-order valence-electron chi connectivity index (χ0n) is 7.55. The van der Waals surface area contributed by atoms with Gasteiger partial charge in [-0.2, -0.15) is 0 Å². The number of halogens is 1. The fourth-order valence-corrected chi connectivity index (χ4v) is 1.58. The molecule has 2 heterocycles. The van der Waals surface area contributed by atoms with E-state index in [1.807, 2.05) is 0 Å². The van der Waals surface area contributed by atoms with E-state index in [0.29, 0.717) is 12.1 Å². The van der Waals surface area contributed by atoms with Gasteiger partial charge in [-0.1, -0.05) is 0 Å². The topological polar surface area (TPSA) is 77.8 Å². The predicted octanol–water partition coefficient (Wildman–Crippen LogP) is -0.479. The van der Waals surface area contributed by atoms with E-state index in [2.05, 4.69) is 15.3 Å². The average Bonchev–Trinajstić information content (AvgIpc) is 2.28. The summed E-state index contributed by atoms with van der Waals surface area (Å²) in [6, 6.07) is 0. The fraction of sp³-hybridized carbons (Fsp3) is 0.500. The van der Waals surface area contributed by atoms with Crippen molar-refractivity contribution in [2.45, 2.75) is 19.4 Å². The highest BCUT2D eigenvalue weighted by Gasteiger charge is 2.11. The Labute approximate surface area is 86.4 Å². The summed E-state index contributed by atoms with van der Waals surface area (Å²) in [7, 11) is 0. The van der Waals surface area contributed by atoms with Crippen molar-refractivity contribution in [2.75, 3.05) is 6.54 Å². The van der Waals surface area contributed by atoms with Gasteiger partial charge in [0.2, 0.25) is 0 Å². The van der Waals surface area contributed by atoms with Gasteiger partial charge < -0.3 is 10.3 Å². The van der Waals surface area contributed by atoms with Gasteiger partial charge in [0.15, 0.2) is 0 Å². The van der Waals surface area contributed by atoms with Gasteiger partial charge in [-0.15, -0.1) is 12.4 Å². The Hall–Kier alpha value is -1.07. The standard InChI is InChI=1S/C8H11N3O2.ClH/c12-7-5-2-1-3-9-4-6(5)10-8(13)11-7;/h9H,1-4H2,(H2,10,11,12,13);1H. The second kappa shape index (κ2) is 4.43. The van der Waals surface area contributed by atoms with E-state index in [4.69, 9.17) is 0 Å². The van der Waals surface area contributed by atoms with Gasteiger partial charge in [0.1, 0.15) is 0 Å². The van der Waals surface area contributed by atoms with E-state index >= 15 is 0 Å². The van der Waals surface area contributed by atoms with Gasteiger partial charge in [0.25, 0.3) is 5.56 Å². The number of nitrogens with one attached hydrogen (secondary N) is 3. The summed E-state index contributed by atoms with van der Waals surface area (Å²) in [6.45, 7) is 1.46. The highest BCUT2D eigenvalue weighted by Crippen LogP contribution is 2.04. The average molecular weight is 218 g/mol. The summed E-state index contributed by atoms with van der Waals surface area (Å²) in [4.78, 5) is 27.1. The van der Waals surface area contributed by atoms with Crippen LogP contribution in [0.2, 0.25) is 0 Å². The Bertz CT molecular complexity index is 423. The number of hydrogen-bond donors (Lipinski definition) is 3. The summed E-state index contributed by atoms with van der Waals surface area (Å²) < 4.78 is 0.